The van der Waals surface area contributed by atoms with Gasteiger partial charge in [0.25, 0.3) is 0 Å². The van der Waals surface area contributed by atoms with Crippen LogP contribution in [0.15, 0.2) is 18.2 Å². The molecule has 0 amide bonds. The molecule has 4 N–H and O–H groups in total. The Hall–Kier alpha value is -1.57. The number of hydrogen-bond donors (Lipinski definition) is 3. The van der Waals surface area contributed by atoms with E-state index in [-0.39, 0.29) is 24.5 Å². The summed E-state index contributed by atoms with van der Waals surface area (Å²) in [5.41, 5.74) is 7.43. The number of nitrogen functional groups attached to an aromatic ring is 1. The normalized spacial score (nSPS) is 18.6. The van der Waals surface area contributed by atoms with E-state index in [4.69, 9.17) is 5.73 Å². The summed E-state index contributed by atoms with van der Waals surface area (Å²) in [6.07, 6.45) is 0.863. The Morgan fingerprint density at radius 2 is 1.96 bits per heavy atom. The fourth-order valence-electron chi connectivity index (χ4n) is 2.60. The molecule has 8 heteroatoms. The van der Waals surface area contributed by atoms with E-state index in [1.54, 1.807) is 25.1 Å². The molecular formula is C15H23F2N3O2S. The first kappa shape index (κ1) is 17.8. The van der Waals surface area contributed by atoms with E-state index in [2.05, 4.69) is 10.0 Å². The van der Waals surface area contributed by atoms with Gasteiger partial charge in [-0.25, -0.2) is 17.2 Å². The molecule has 1 aromatic carbocycles. The zero-order chi connectivity index (χ0) is 17.1. The van der Waals surface area contributed by atoms with Crippen molar-refractivity contribution < 1.29 is 17.2 Å². The lowest BCUT2D eigenvalue weighted by Crippen LogP contribution is -2.28. The second-order valence-corrected chi connectivity index (χ2v) is 8.00. The van der Waals surface area contributed by atoms with E-state index in [1.165, 1.54) is 0 Å². The fraction of sp³-hybridized carbons (Fsp3) is 0.600. The summed E-state index contributed by atoms with van der Waals surface area (Å²) in [5, 5.41) is 3.17. The predicted octanol–water partition coefficient (Wildman–Crippen LogP) is 3.27. The molecule has 0 unspecified atom stereocenters. The SMILES string of the molecule is CCS(=O)(=O)Nc1ccc(NCC2CCC(F)(F)CC2)c(N)c1. The summed E-state index contributed by atoms with van der Waals surface area (Å²) in [7, 11) is -3.34. The number of sulfonamides is 1. The lowest BCUT2D eigenvalue weighted by Gasteiger charge is -2.28. The lowest BCUT2D eigenvalue weighted by atomic mass is 9.87. The van der Waals surface area contributed by atoms with Gasteiger partial charge in [0.2, 0.25) is 15.9 Å². The highest BCUT2D eigenvalue weighted by molar-refractivity contribution is 7.92. The molecule has 1 aromatic rings. The second-order valence-electron chi connectivity index (χ2n) is 5.99. The minimum atomic E-state index is -3.34. The number of hydrogen-bond acceptors (Lipinski definition) is 4. The molecule has 1 saturated carbocycles. The number of nitrogens with one attached hydrogen (secondary N) is 2. The average Bonchev–Trinajstić information content (AvgIpc) is 2.47. The molecule has 1 fully saturated rings. The van der Waals surface area contributed by atoms with Gasteiger partial charge in [0.1, 0.15) is 0 Å². The fourth-order valence-corrected chi connectivity index (χ4v) is 3.23. The molecule has 0 atom stereocenters. The standard InChI is InChI=1S/C15H23F2N3O2S/c1-2-23(21,22)20-12-3-4-14(13(18)9-12)19-10-11-5-7-15(16,17)8-6-11/h3-4,9,11,19-20H,2,5-8,10,18H2,1H3. The maximum absolute atomic E-state index is 13.1. The van der Waals surface area contributed by atoms with Gasteiger partial charge in [0.05, 0.1) is 22.8 Å². The Morgan fingerprint density at radius 1 is 1.30 bits per heavy atom. The Bertz CT molecular complexity index is 640. The van der Waals surface area contributed by atoms with Crippen molar-refractivity contribution in [2.45, 2.75) is 38.5 Å². The van der Waals surface area contributed by atoms with Crippen molar-refractivity contribution >= 4 is 27.1 Å². The summed E-state index contributed by atoms with van der Waals surface area (Å²) >= 11 is 0. The van der Waals surface area contributed by atoms with Crippen molar-refractivity contribution in [1.82, 2.24) is 0 Å². The number of benzene rings is 1. The molecule has 1 aliphatic carbocycles. The Kier molecular flexibility index (Phi) is 5.33. The number of halogens is 2. The maximum Gasteiger partial charge on any atom is 0.248 e. The van der Waals surface area contributed by atoms with Gasteiger partial charge in [0, 0.05) is 19.4 Å². The van der Waals surface area contributed by atoms with Crippen LogP contribution in [-0.2, 0) is 10.0 Å². The van der Waals surface area contributed by atoms with Crippen LogP contribution in [0, 0.1) is 5.92 Å². The average molecular weight is 347 g/mol. The maximum atomic E-state index is 13.1. The molecule has 5 nitrogen and oxygen atoms in total. The van der Waals surface area contributed by atoms with Crippen LogP contribution in [0.1, 0.15) is 32.6 Å². The first-order valence-electron chi connectivity index (χ1n) is 7.72. The van der Waals surface area contributed by atoms with Gasteiger partial charge in [-0.2, -0.15) is 0 Å². The minimum Gasteiger partial charge on any atom is -0.397 e. The molecule has 0 spiro atoms. The molecule has 0 aliphatic heterocycles. The highest BCUT2D eigenvalue weighted by atomic mass is 32.2. The van der Waals surface area contributed by atoms with Gasteiger partial charge in [0.15, 0.2) is 0 Å². The van der Waals surface area contributed by atoms with E-state index in [0.29, 0.717) is 36.4 Å². The van der Waals surface area contributed by atoms with E-state index in [1.807, 2.05) is 0 Å². The van der Waals surface area contributed by atoms with E-state index < -0.39 is 15.9 Å². The number of rotatable bonds is 6. The van der Waals surface area contributed by atoms with Crippen LogP contribution >= 0.6 is 0 Å². The van der Waals surface area contributed by atoms with Gasteiger partial charge < -0.3 is 11.1 Å². The Morgan fingerprint density at radius 3 is 2.52 bits per heavy atom. The molecule has 0 saturated heterocycles. The smallest absolute Gasteiger partial charge is 0.248 e. The third-order valence-corrected chi connectivity index (χ3v) is 5.43. The molecule has 0 radical (unpaired) electrons. The number of alkyl halides is 2. The third kappa shape index (κ3) is 5.23. The molecule has 1 aliphatic rings. The second kappa shape index (κ2) is 6.90. The topological polar surface area (TPSA) is 84.2 Å². The van der Waals surface area contributed by atoms with Crippen LogP contribution in [-0.4, -0.2) is 26.6 Å². The van der Waals surface area contributed by atoms with Crippen LogP contribution < -0.4 is 15.8 Å². The van der Waals surface area contributed by atoms with Crippen molar-refractivity contribution in [3.8, 4) is 0 Å². The van der Waals surface area contributed by atoms with E-state index in [0.717, 1.165) is 0 Å². The summed E-state index contributed by atoms with van der Waals surface area (Å²) < 4.78 is 51.7. The summed E-state index contributed by atoms with van der Waals surface area (Å²) in [5.74, 6) is -2.33. The van der Waals surface area contributed by atoms with Crippen molar-refractivity contribution in [2.75, 3.05) is 28.1 Å². The number of anilines is 3. The quantitative estimate of drug-likeness (QED) is 0.690. The van der Waals surface area contributed by atoms with Crippen LogP contribution in [0.5, 0.6) is 0 Å². The molecule has 0 heterocycles. The minimum absolute atomic E-state index is 0.0147. The first-order valence-corrected chi connectivity index (χ1v) is 9.38. The molecule has 2 rings (SSSR count). The van der Waals surface area contributed by atoms with Gasteiger partial charge in [-0.15, -0.1) is 0 Å². The van der Waals surface area contributed by atoms with Crippen LogP contribution in [0.2, 0.25) is 0 Å². The van der Waals surface area contributed by atoms with Gasteiger partial charge in [-0.3, -0.25) is 4.72 Å². The highest BCUT2D eigenvalue weighted by Gasteiger charge is 2.34. The highest BCUT2D eigenvalue weighted by Crippen LogP contribution is 2.36. The Balaban J connectivity index is 1.92. The van der Waals surface area contributed by atoms with Gasteiger partial charge >= 0.3 is 0 Å². The summed E-state index contributed by atoms with van der Waals surface area (Å²) in [6.45, 7) is 2.13. The first-order chi connectivity index (χ1) is 10.7. The summed E-state index contributed by atoms with van der Waals surface area (Å²) in [6, 6.07) is 4.87. The van der Waals surface area contributed by atoms with Crippen molar-refractivity contribution in [2.24, 2.45) is 5.92 Å². The number of nitrogens with two attached hydrogens (primary N) is 1. The van der Waals surface area contributed by atoms with Crippen LogP contribution in [0.3, 0.4) is 0 Å². The lowest BCUT2D eigenvalue weighted by molar-refractivity contribution is -0.0443. The van der Waals surface area contributed by atoms with Gasteiger partial charge in [-0.1, -0.05) is 0 Å². The van der Waals surface area contributed by atoms with E-state index in [9.17, 15) is 17.2 Å². The zero-order valence-electron chi connectivity index (χ0n) is 13.1. The molecule has 0 bridgehead atoms. The van der Waals surface area contributed by atoms with Crippen molar-refractivity contribution in [1.29, 1.82) is 0 Å². The predicted molar refractivity (Wildman–Crippen MR) is 89.3 cm³/mol. The Labute approximate surface area is 135 Å². The van der Waals surface area contributed by atoms with E-state index >= 15 is 0 Å². The van der Waals surface area contributed by atoms with Crippen molar-refractivity contribution in [3.05, 3.63) is 18.2 Å². The monoisotopic (exact) mass is 347 g/mol. The molecule has 0 aromatic heterocycles. The summed E-state index contributed by atoms with van der Waals surface area (Å²) in [4.78, 5) is 0. The molecule has 130 valence electrons. The van der Waals surface area contributed by atoms with Crippen LogP contribution in [0.25, 0.3) is 0 Å². The van der Waals surface area contributed by atoms with Gasteiger partial charge in [-0.05, 0) is 43.9 Å². The third-order valence-electron chi connectivity index (χ3n) is 4.12. The molecular weight excluding hydrogens is 324 g/mol. The van der Waals surface area contributed by atoms with Crippen LogP contribution in [0.4, 0.5) is 25.8 Å². The zero-order valence-corrected chi connectivity index (χ0v) is 13.9. The molecule has 23 heavy (non-hydrogen) atoms. The largest absolute Gasteiger partial charge is 0.397 e. The van der Waals surface area contributed by atoms with Crippen molar-refractivity contribution in [3.63, 3.8) is 0 Å².